The van der Waals surface area contributed by atoms with E-state index in [1.807, 2.05) is 72.8 Å². The summed E-state index contributed by atoms with van der Waals surface area (Å²) in [5.41, 5.74) is 2.22. The molecular formula is C26H28N2O3. The molecule has 1 aliphatic heterocycles. The number of benzene rings is 3. The van der Waals surface area contributed by atoms with E-state index in [0.29, 0.717) is 12.8 Å². The van der Waals surface area contributed by atoms with E-state index in [9.17, 15) is 4.79 Å². The van der Waals surface area contributed by atoms with Crippen molar-refractivity contribution in [3.63, 3.8) is 0 Å². The molecule has 0 radical (unpaired) electrons. The van der Waals surface area contributed by atoms with E-state index in [1.54, 1.807) is 14.2 Å². The fraction of sp³-hybridized carbons (Fsp3) is 0.269. The monoisotopic (exact) mass is 416 g/mol. The summed E-state index contributed by atoms with van der Waals surface area (Å²) >= 11 is 0. The number of rotatable bonds is 6. The van der Waals surface area contributed by atoms with Gasteiger partial charge >= 0.3 is 0 Å². The second-order valence-electron chi connectivity index (χ2n) is 7.79. The molecule has 1 saturated heterocycles. The van der Waals surface area contributed by atoms with Crippen LogP contribution in [-0.2, 0) is 10.2 Å². The maximum atomic E-state index is 13.7. The molecule has 1 N–H and O–H groups in total. The van der Waals surface area contributed by atoms with E-state index < -0.39 is 5.41 Å². The van der Waals surface area contributed by atoms with Crippen molar-refractivity contribution >= 4 is 17.3 Å². The standard InChI is InChI=1S/C26H28N2O3/c1-30-22-12-8-9-20(19-22)26(25(29)27-21-10-4-3-5-11-21)15-17-28(18-16-26)23-13-6-7-14-24(23)31-2/h3-14,19H,15-18H2,1-2H3,(H,27,29). The highest BCUT2D eigenvalue weighted by Gasteiger charge is 2.43. The van der Waals surface area contributed by atoms with Crippen molar-refractivity contribution in [2.24, 2.45) is 0 Å². The number of nitrogens with one attached hydrogen (secondary N) is 1. The first kappa shape index (κ1) is 20.8. The number of hydrogen-bond acceptors (Lipinski definition) is 4. The topological polar surface area (TPSA) is 50.8 Å². The third-order valence-electron chi connectivity index (χ3n) is 6.13. The van der Waals surface area contributed by atoms with Crippen molar-refractivity contribution in [1.82, 2.24) is 0 Å². The van der Waals surface area contributed by atoms with E-state index in [-0.39, 0.29) is 5.91 Å². The number of methoxy groups -OCH3 is 2. The van der Waals surface area contributed by atoms with Crippen LogP contribution in [0.5, 0.6) is 11.5 Å². The van der Waals surface area contributed by atoms with Crippen molar-refractivity contribution in [1.29, 1.82) is 0 Å². The van der Waals surface area contributed by atoms with Crippen LogP contribution in [-0.4, -0.2) is 33.2 Å². The Morgan fingerprint density at radius 3 is 2.29 bits per heavy atom. The van der Waals surface area contributed by atoms with Crippen molar-refractivity contribution in [2.45, 2.75) is 18.3 Å². The molecular weight excluding hydrogens is 388 g/mol. The quantitative estimate of drug-likeness (QED) is 0.622. The fourth-order valence-corrected chi connectivity index (χ4v) is 4.36. The Hall–Kier alpha value is -3.47. The van der Waals surface area contributed by atoms with Gasteiger partial charge in [0.2, 0.25) is 5.91 Å². The second kappa shape index (κ2) is 9.13. The number of anilines is 2. The summed E-state index contributed by atoms with van der Waals surface area (Å²) in [4.78, 5) is 16.0. The highest BCUT2D eigenvalue weighted by Crippen LogP contribution is 2.41. The lowest BCUT2D eigenvalue weighted by atomic mass is 9.71. The molecule has 0 aromatic heterocycles. The Balaban J connectivity index is 1.65. The van der Waals surface area contributed by atoms with Crippen LogP contribution in [0.1, 0.15) is 18.4 Å². The third-order valence-corrected chi connectivity index (χ3v) is 6.13. The number of amides is 1. The highest BCUT2D eigenvalue weighted by molar-refractivity contribution is 5.99. The Morgan fingerprint density at radius 2 is 1.58 bits per heavy atom. The summed E-state index contributed by atoms with van der Waals surface area (Å²) in [6.07, 6.45) is 1.38. The van der Waals surface area contributed by atoms with Gasteiger partial charge in [-0.2, -0.15) is 0 Å². The lowest BCUT2D eigenvalue weighted by Gasteiger charge is -2.42. The van der Waals surface area contributed by atoms with Gasteiger partial charge < -0.3 is 19.7 Å². The highest BCUT2D eigenvalue weighted by atomic mass is 16.5. The Labute approximate surface area is 183 Å². The lowest BCUT2D eigenvalue weighted by molar-refractivity contribution is -0.122. The van der Waals surface area contributed by atoms with Gasteiger partial charge in [-0.25, -0.2) is 0 Å². The molecule has 1 aliphatic rings. The van der Waals surface area contributed by atoms with Gasteiger partial charge in [0.15, 0.2) is 0 Å². The molecule has 3 aromatic rings. The molecule has 4 rings (SSSR count). The molecule has 5 heteroatoms. The summed E-state index contributed by atoms with van der Waals surface area (Å²) in [7, 11) is 3.34. The van der Waals surface area contributed by atoms with Crippen LogP contribution in [0.3, 0.4) is 0 Å². The van der Waals surface area contributed by atoms with Gasteiger partial charge in [0.1, 0.15) is 11.5 Å². The molecule has 1 amide bonds. The Kier molecular flexibility index (Phi) is 6.12. The van der Waals surface area contributed by atoms with Gasteiger partial charge in [-0.1, -0.05) is 42.5 Å². The molecule has 0 spiro atoms. The Bertz CT molecular complexity index is 1030. The molecule has 160 valence electrons. The van der Waals surface area contributed by atoms with Crippen LogP contribution in [0.15, 0.2) is 78.9 Å². The molecule has 0 saturated carbocycles. The van der Waals surface area contributed by atoms with Crippen LogP contribution in [0.25, 0.3) is 0 Å². The number of carbonyl (C=O) groups excluding carboxylic acids is 1. The zero-order valence-electron chi connectivity index (χ0n) is 18.0. The van der Waals surface area contributed by atoms with Crippen molar-refractivity contribution in [3.8, 4) is 11.5 Å². The predicted molar refractivity (Wildman–Crippen MR) is 124 cm³/mol. The summed E-state index contributed by atoms with van der Waals surface area (Å²) in [6, 6.07) is 25.6. The van der Waals surface area contributed by atoms with Crippen molar-refractivity contribution < 1.29 is 14.3 Å². The van der Waals surface area contributed by atoms with Gasteiger partial charge in [-0.15, -0.1) is 0 Å². The van der Waals surface area contributed by atoms with E-state index in [2.05, 4.69) is 16.3 Å². The zero-order valence-corrected chi connectivity index (χ0v) is 18.0. The van der Waals surface area contributed by atoms with Gasteiger partial charge in [-0.3, -0.25) is 4.79 Å². The molecule has 3 aromatic carbocycles. The van der Waals surface area contributed by atoms with E-state index >= 15 is 0 Å². The smallest absolute Gasteiger partial charge is 0.235 e. The van der Waals surface area contributed by atoms with Crippen molar-refractivity contribution in [2.75, 3.05) is 37.5 Å². The van der Waals surface area contributed by atoms with Gasteiger partial charge in [0.25, 0.3) is 0 Å². The third kappa shape index (κ3) is 4.22. The average Bonchev–Trinajstić information content (AvgIpc) is 2.84. The molecule has 0 aliphatic carbocycles. The molecule has 5 nitrogen and oxygen atoms in total. The number of nitrogens with zero attached hydrogens (tertiary/aromatic N) is 1. The molecule has 31 heavy (non-hydrogen) atoms. The summed E-state index contributed by atoms with van der Waals surface area (Å²) in [5.74, 6) is 1.63. The van der Waals surface area contributed by atoms with Crippen LogP contribution in [0.4, 0.5) is 11.4 Å². The first-order chi connectivity index (χ1) is 15.2. The molecule has 0 atom stereocenters. The minimum absolute atomic E-state index is 0.0200. The summed E-state index contributed by atoms with van der Waals surface area (Å²) < 4.78 is 11.0. The van der Waals surface area contributed by atoms with Crippen molar-refractivity contribution in [3.05, 3.63) is 84.4 Å². The lowest BCUT2D eigenvalue weighted by Crippen LogP contribution is -2.49. The average molecular weight is 417 g/mol. The first-order valence-electron chi connectivity index (χ1n) is 10.6. The zero-order chi connectivity index (χ0) is 21.7. The van der Waals surface area contributed by atoms with E-state index in [4.69, 9.17) is 9.47 Å². The minimum Gasteiger partial charge on any atom is -0.497 e. The first-order valence-corrected chi connectivity index (χ1v) is 10.6. The number of carbonyl (C=O) groups is 1. The van der Waals surface area contributed by atoms with Gasteiger partial charge in [-0.05, 0) is 54.8 Å². The maximum absolute atomic E-state index is 13.7. The van der Waals surface area contributed by atoms with Crippen LogP contribution < -0.4 is 19.7 Å². The molecule has 1 fully saturated rings. The van der Waals surface area contributed by atoms with Crippen LogP contribution in [0, 0.1) is 0 Å². The SMILES string of the molecule is COc1cccc(C2(C(=O)Nc3ccccc3)CCN(c3ccccc3OC)CC2)c1. The van der Waals surface area contributed by atoms with E-state index in [0.717, 1.165) is 41.5 Å². The molecule has 0 bridgehead atoms. The van der Waals surface area contributed by atoms with Crippen LogP contribution in [0.2, 0.25) is 0 Å². The minimum atomic E-state index is -0.636. The maximum Gasteiger partial charge on any atom is 0.235 e. The summed E-state index contributed by atoms with van der Waals surface area (Å²) in [5, 5.41) is 3.14. The second-order valence-corrected chi connectivity index (χ2v) is 7.79. The number of para-hydroxylation sites is 3. The van der Waals surface area contributed by atoms with Gasteiger partial charge in [0, 0.05) is 18.8 Å². The fourth-order valence-electron chi connectivity index (χ4n) is 4.36. The number of piperidine rings is 1. The van der Waals surface area contributed by atoms with E-state index in [1.165, 1.54) is 0 Å². The predicted octanol–water partition coefficient (Wildman–Crippen LogP) is 4.88. The Morgan fingerprint density at radius 1 is 0.871 bits per heavy atom. The van der Waals surface area contributed by atoms with Gasteiger partial charge in [0.05, 0.1) is 25.3 Å². The number of ether oxygens (including phenoxy) is 2. The normalized spacial score (nSPS) is 15.2. The van der Waals surface area contributed by atoms with Crippen LogP contribution >= 0.6 is 0 Å². The molecule has 0 unspecified atom stereocenters. The summed E-state index contributed by atoms with van der Waals surface area (Å²) in [6.45, 7) is 1.50. The molecule has 1 heterocycles. The largest absolute Gasteiger partial charge is 0.497 e. The number of hydrogen-bond donors (Lipinski definition) is 1.